The average molecular weight is 294 g/mol. The van der Waals surface area contributed by atoms with E-state index in [1.54, 1.807) is 0 Å². The molecule has 4 nitrogen and oxygen atoms in total. The lowest BCUT2D eigenvalue weighted by molar-refractivity contribution is 0.0903. The number of hydrogen-bond acceptors (Lipinski definition) is 4. The average Bonchev–Trinajstić information content (AvgIpc) is 3.08. The number of ether oxygens (including phenoxy) is 1. The van der Waals surface area contributed by atoms with E-state index in [-0.39, 0.29) is 11.9 Å². The van der Waals surface area contributed by atoms with E-state index in [4.69, 9.17) is 4.74 Å². The van der Waals surface area contributed by atoms with Gasteiger partial charge in [-0.2, -0.15) is 0 Å². The van der Waals surface area contributed by atoms with Crippen LogP contribution >= 0.6 is 11.3 Å². The summed E-state index contributed by atoms with van der Waals surface area (Å²) in [5, 5.41) is 5.14. The second-order valence-corrected chi connectivity index (χ2v) is 6.63. The van der Waals surface area contributed by atoms with Crippen LogP contribution in [0.1, 0.15) is 34.5 Å². The Morgan fingerprint density at radius 3 is 2.85 bits per heavy atom. The third-order valence-corrected chi connectivity index (χ3v) is 5.31. The molecular weight excluding hydrogens is 272 g/mol. The predicted octanol–water partition coefficient (Wildman–Crippen LogP) is 2.04. The molecule has 5 heteroatoms. The standard InChI is InChI=1S/C15H22N2O2S/c1-11-5-8-20-14(11)15(18)16-12-9-19-10-13(12)17-6-3-2-4-7-17/h5,8,12-13H,2-4,6-7,9-10H2,1H3,(H,16,18). The van der Waals surface area contributed by atoms with Crippen molar-refractivity contribution in [3.05, 3.63) is 21.9 Å². The van der Waals surface area contributed by atoms with Gasteiger partial charge in [-0.3, -0.25) is 9.69 Å². The van der Waals surface area contributed by atoms with E-state index in [2.05, 4.69) is 10.2 Å². The third-order valence-electron chi connectivity index (χ3n) is 4.29. The molecule has 1 aromatic heterocycles. The summed E-state index contributed by atoms with van der Waals surface area (Å²) in [4.78, 5) is 15.7. The fourth-order valence-electron chi connectivity index (χ4n) is 3.13. The molecule has 0 bridgehead atoms. The molecule has 3 heterocycles. The van der Waals surface area contributed by atoms with Crippen molar-refractivity contribution < 1.29 is 9.53 Å². The van der Waals surface area contributed by atoms with Crippen molar-refractivity contribution in [2.45, 2.75) is 38.3 Å². The normalized spacial score (nSPS) is 27.6. The first-order valence-corrected chi connectivity index (χ1v) is 8.30. The quantitative estimate of drug-likeness (QED) is 0.927. The fraction of sp³-hybridized carbons (Fsp3) is 0.667. The number of amides is 1. The van der Waals surface area contributed by atoms with Crippen molar-refractivity contribution in [3.63, 3.8) is 0 Å². The van der Waals surface area contributed by atoms with Crippen molar-refractivity contribution in [2.24, 2.45) is 0 Å². The van der Waals surface area contributed by atoms with Gasteiger partial charge >= 0.3 is 0 Å². The van der Waals surface area contributed by atoms with Crippen LogP contribution in [0.15, 0.2) is 11.4 Å². The van der Waals surface area contributed by atoms with Crippen molar-refractivity contribution >= 4 is 17.2 Å². The molecule has 2 saturated heterocycles. The van der Waals surface area contributed by atoms with Crippen LogP contribution in [0.25, 0.3) is 0 Å². The van der Waals surface area contributed by atoms with E-state index in [0.717, 1.165) is 30.1 Å². The summed E-state index contributed by atoms with van der Waals surface area (Å²) in [7, 11) is 0. The van der Waals surface area contributed by atoms with Crippen molar-refractivity contribution in [1.82, 2.24) is 10.2 Å². The first-order chi connectivity index (χ1) is 9.75. The summed E-state index contributed by atoms with van der Waals surface area (Å²) in [6.45, 7) is 5.64. The van der Waals surface area contributed by atoms with Crippen molar-refractivity contribution in [1.29, 1.82) is 0 Å². The zero-order valence-electron chi connectivity index (χ0n) is 11.9. The molecule has 0 spiro atoms. The molecule has 0 aliphatic carbocycles. The van der Waals surface area contributed by atoms with Crippen LogP contribution in [0.4, 0.5) is 0 Å². The highest BCUT2D eigenvalue weighted by molar-refractivity contribution is 7.12. The Morgan fingerprint density at radius 1 is 1.35 bits per heavy atom. The summed E-state index contributed by atoms with van der Waals surface area (Å²) < 4.78 is 5.62. The van der Waals surface area contributed by atoms with Gasteiger partial charge in [0, 0.05) is 0 Å². The molecule has 0 saturated carbocycles. The zero-order chi connectivity index (χ0) is 13.9. The van der Waals surface area contributed by atoms with Crippen LogP contribution in [0.2, 0.25) is 0 Å². The second kappa shape index (κ2) is 6.24. The maximum Gasteiger partial charge on any atom is 0.261 e. The van der Waals surface area contributed by atoms with Crippen LogP contribution in [0.3, 0.4) is 0 Å². The Balaban J connectivity index is 1.64. The van der Waals surface area contributed by atoms with Gasteiger partial charge in [0.1, 0.15) is 0 Å². The van der Waals surface area contributed by atoms with E-state index >= 15 is 0 Å². The first-order valence-electron chi connectivity index (χ1n) is 7.42. The molecule has 1 aromatic rings. The van der Waals surface area contributed by atoms with Gasteiger partial charge < -0.3 is 10.1 Å². The lowest BCUT2D eigenvalue weighted by atomic mass is 10.0. The Kier molecular flexibility index (Phi) is 4.38. The van der Waals surface area contributed by atoms with Crippen LogP contribution in [0, 0.1) is 6.92 Å². The van der Waals surface area contributed by atoms with E-state index in [1.807, 2.05) is 18.4 Å². The monoisotopic (exact) mass is 294 g/mol. The summed E-state index contributed by atoms with van der Waals surface area (Å²) in [6.07, 6.45) is 3.86. The largest absolute Gasteiger partial charge is 0.378 e. The minimum Gasteiger partial charge on any atom is -0.378 e. The number of aryl methyl sites for hydroxylation is 1. The first kappa shape index (κ1) is 14.0. The number of nitrogens with one attached hydrogen (secondary N) is 1. The molecule has 0 aromatic carbocycles. The van der Waals surface area contributed by atoms with Gasteiger partial charge in [0.15, 0.2) is 0 Å². The zero-order valence-corrected chi connectivity index (χ0v) is 12.7. The lowest BCUT2D eigenvalue weighted by Gasteiger charge is -2.34. The molecule has 2 aliphatic heterocycles. The van der Waals surface area contributed by atoms with Crippen LogP contribution in [-0.4, -0.2) is 49.2 Å². The highest BCUT2D eigenvalue weighted by atomic mass is 32.1. The van der Waals surface area contributed by atoms with Crippen LogP contribution in [-0.2, 0) is 4.74 Å². The molecule has 2 unspecified atom stereocenters. The Bertz CT molecular complexity index is 468. The third kappa shape index (κ3) is 2.90. The van der Waals surface area contributed by atoms with E-state index in [1.165, 1.54) is 30.6 Å². The minimum absolute atomic E-state index is 0.0509. The molecule has 2 fully saturated rings. The van der Waals surface area contributed by atoms with Gasteiger partial charge in [-0.1, -0.05) is 6.42 Å². The number of rotatable bonds is 3. The number of carbonyl (C=O) groups is 1. The maximum atomic E-state index is 12.3. The maximum absolute atomic E-state index is 12.3. The van der Waals surface area contributed by atoms with E-state index in [0.29, 0.717) is 12.6 Å². The smallest absolute Gasteiger partial charge is 0.261 e. The molecule has 20 heavy (non-hydrogen) atoms. The summed E-state index contributed by atoms with van der Waals surface area (Å²) >= 11 is 1.51. The topological polar surface area (TPSA) is 41.6 Å². The Morgan fingerprint density at radius 2 is 2.15 bits per heavy atom. The molecule has 2 aliphatic rings. The number of nitrogens with zero attached hydrogens (tertiary/aromatic N) is 1. The number of likely N-dealkylation sites (tertiary alicyclic amines) is 1. The van der Waals surface area contributed by atoms with Gasteiger partial charge in [-0.15, -0.1) is 11.3 Å². The summed E-state index contributed by atoms with van der Waals surface area (Å²) in [6, 6.07) is 2.47. The summed E-state index contributed by atoms with van der Waals surface area (Å²) in [5.74, 6) is 0.0509. The van der Waals surface area contributed by atoms with Crippen LogP contribution < -0.4 is 5.32 Å². The lowest BCUT2D eigenvalue weighted by Crippen LogP contribution is -2.52. The van der Waals surface area contributed by atoms with Gasteiger partial charge in [-0.25, -0.2) is 0 Å². The predicted molar refractivity (Wildman–Crippen MR) is 80.3 cm³/mol. The molecule has 110 valence electrons. The van der Waals surface area contributed by atoms with Gasteiger partial charge in [0.25, 0.3) is 5.91 Å². The van der Waals surface area contributed by atoms with Gasteiger partial charge in [0.2, 0.25) is 0 Å². The van der Waals surface area contributed by atoms with Crippen molar-refractivity contribution in [2.75, 3.05) is 26.3 Å². The van der Waals surface area contributed by atoms with Gasteiger partial charge in [-0.05, 0) is 49.9 Å². The fourth-order valence-corrected chi connectivity index (χ4v) is 3.96. The Hall–Kier alpha value is -0.910. The molecule has 3 rings (SSSR count). The summed E-state index contributed by atoms with van der Waals surface area (Å²) in [5.41, 5.74) is 1.06. The van der Waals surface area contributed by atoms with E-state index < -0.39 is 0 Å². The molecule has 2 atom stereocenters. The minimum atomic E-state index is 0.0509. The molecule has 1 amide bonds. The van der Waals surface area contributed by atoms with Crippen LogP contribution in [0.5, 0.6) is 0 Å². The number of hydrogen-bond donors (Lipinski definition) is 1. The molecule has 1 N–H and O–H groups in total. The highest BCUT2D eigenvalue weighted by Gasteiger charge is 2.34. The number of carbonyl (C=O) groups excluding carboxylic acids is 1. The van der Waals surface area contributed by atoms with E-state index in [9.17, 15) is 4.79 Å². The Labute approximate surface area is 124 Å². The van der Waals surface area contributed by atoms with Crippen molar-refractivity contribution in [3.8, 4) is 0 Å². The molecular formula is C15H22N2O2S. The molecule has 0 radical (unpaired) electrons. The number of thiophene rings is 1. The SMILES string of the molecule is Cc1ccsc1C(=O)NC1COCC1N1CCCCC1. The second-order valence-electron chi connectivity index (χ2n) is 5.71. The number of piperidine rings is 1. The van der Waals surface area contributed by atoms with Gasteiger partial charge in [0.05, 0.1) is 30.2 Å². The highest BCUT2D eigenvalue weighted by Crippen LogP contribution is 2.20.